The SMILES string of the molecule is Cc1ccc(Cl)cc1-n1ncc2c(=O)n(Cc3nc(-c4cccc(C(F)(F)F)c4)no3)cnc21. The van der Waals surface area contributed by atoms with Gasteiger partial charge in [-0.05, 0) is 36.8 Å². The molecule has 0 unspecified atom stereocenters. The molecule has 12 heteroatoms. The van der Waals surface area contributed by atoms with Gasteiger partial charge in [0.1, 0.15) is 18.3 Å². The lowest BCUT2D eigenvalue weighted by Gasteiger charge is -2.08. The molecule has 0 spiro atoms. The van der Waals surface area contributed by atoms with Crippen LogP contribution in [0.4, 0.5) is 13.2 Å². The first kappa shape index (κ1) is 21.8. The summed E-state index contributed by atoms with van der Waals surface area (Å²) in [5.41, 5.74) is 0.859. The second-order valence-corrected chi connectivity index (χ2v) is 7.93. The molecule has 34 heavy (non-hydrogen) atoms. The van der Waals surface area contributed by atoms with Crippen LogP contribution >= 0.6 is 11.6 Å². The number of fused-ring (bicyclic) bond motifs is 1. The number of hydrogen-bond donors (Lipinski definition) is 0. The van der Waals surface area contributed by atoms with Crippen molar-refractivity contribution in [2.24, 2.45) is 0 Å². The van der Waals surface area contributed by atoms with Gasteiger partial charge in [0.2, 0.25) is 11.7 Å². The van der Waals surface area contributed by atoms with Gasteiger partial charge in [0.15, 0.2) is 5.65 Å². The molecule has 3 aromatic heterocycles. The molecule has 172 valence electrons. The van der Waals surface area contributed by atoms with Crippen LogP contribution in [0.2, 0.25) is 5.02 Å². The number of alkyl halides is 3. The lowest BCUT2D eigenvalue weighted by atomic mass is 10.1. The minimum atomic E-state index is -4.50. The summed E-state index contributed by atoms with van der Waals surface area (Å²) in [6.07, 6.45) is -1.77. The van der Waals surface area contributed by atoms with Gasteiger partial charge in [-0.15, -0.1) is 0 Å². The highest BCUT2D eigenvalue weighted by Crippen LogP contribution is 2.31. The molecule has 0 fully saturated rings. The van der Waals surface area contributed by atoms with Crippen molar-refractivity contribution >= 4 is 22.6 Å². The number of halogens is 4. The van der Waals surface area contributed by atoms with Crippen molar-refractivity contribution in [1.82, 2.24) is 29.5 Å². The van der Waals surface area contributed by atoms with Crippen LogP contribution in [0.3, 0.4) is 0 Å². The summed E-state index contributed by atoms with van der Waals surface area (Å²) >= 11 is 6.10. The fourth-order valence-corrected chi connectivity index (χ4v) is 3.63. The van der Waals surface area contributed by atoms with Gasteiger partial charge in [-0.25, -0.2) is 9.67 Å². The molecule has 5 aromatic rings. The summed E-state index contributed by atoms with van der Waals surface area (Å²) in [5, 5.41) is 8.81. The van der Waals surface area contributed by atoms with E-state index in [-0.39, 0.29) is 29.2 Å². The highest BCUT2D eigenvalue weighted by Gasteiger charge is 2.30. The van der Waals surface area contributed by atoms with Gasteiger partial charge in [-0.3, -0.25) is 9.36 Å². The summed E-state index contributed by atoms with van der Waals surface area (Å²) in [7, 11) is 0. The molecule has 8 nitrogen and oxygen atoms in total. The van der Waals surface area contributed by atoms with Crippen molar-refractivity contribution in [1.29, 1.82) is 0 Å². The van der Waals surface area contributed by atoms with E-state index in [0.717, 1.165) is 17.7 Å². The molecular formula is C22H14ClF3N6O2. The highest BCUT2D eigenvalue weighted by atomic mass is 35.5. The number of aryl methyl sites for hydroxylation is 1. The van der Waals surface area contributed by atoms with Crippen molar-refractivity contribution < 1.29 is 17.7 Å². The number of nitrogens with zero attached hydrogens (tertiary/aromatic N) is 6. The van der Waals surface area contributed by atoms with Gasteiger partial charge < -0.3 is 4.52 Å². The van der Waals surface area contributed by atoms with Crippen LogP contribution in [0.5, 0.6) is 0 Å². The largest absolute Gasteiger partial charge is 0.416 e. The molecular weight excluding hydrogens is 473 g/mol. The van der Waals surface area contributed by atoms with Crippen molar-refractivity contribution in [2.75, 3.05) is 0 Å². The van der Waals surface area contributed by atoms with Crippen LogP contribution in [0.15, 0.2) is 64.3 Å². The summed E-state index contributed by atoms with van der Waals surface area (Å²) < 4.78 is 46.9. The van der Waals surface area contributed by atoms with Gasteiger partial charge in [-0.2, -0.15) is 23.3 Å². The maximum absolute atomic E-state index is 13.0. The van der Waals surface area contributed by atoms with E-state index in [1.807, 2.05) is 13.0 Å². The van der Waals surface area contributed by atoms with Crippen LogP contribution in [0.25, 0.3) is 28.1 Å². The Hall–Kier alpha value is -3.99. The summed E-state index contributed by atoms with van der Waals surface area (Å²) in [6, 6.07) is 9.90. The molecule has 0 bridgehead atoms. The van der Waals surface area contributed by atoms with Crippen molar-refractivity contribution in [3.8, 4) is 17.1 Å². The maximum Gasteiger partial charge on any atom is 0.416 e. The zero-order valence-electron chi connectivity index (χ0n) is 17.4. The third-order valence-electron chi connectivity index (χ3n) is 5.18. The van der Waals surface area contributed by atoms with Crippen LogP contribution in [-0.2, 0) is 12.7 Å². The maximum atomic E-state index is 13.0. The first-order chi connectivity index (χ1) is 16.2. The summed E-state index contributed by atoms with van der Waals surface area (Å²) in [4.78, 5) is 21.5. The Kier molecular flexibility index (Phi) is 5.20. The Morgan fingerprint density at radius 3 is 2.76 bits per heavy atom. The first-order valence-corrected chi connectivity index (χ1v) is 10.3. The predicted octanol–water partition coefficient (Wildman–Crippen LogP) is 4.66. The normalized spacial score (nSPS) is 11.9. The fourth-order valence-electron chi connectivity index (χ4n) is 3.46. The van der Waals surface area contributed by atoms with Gasteiger partial charge in [0, 0.05) is 10.6 Å². The molecule has 0 aliphatic carbocycles. The van der Waals surface area contributed by atoms with E-state index >= 15 is 0 Å². The first-order valence-electron chi connectivity index (χ1n) is 9.90. The number of rotatable bonds is 4. The Morgan fingerprint density at radius 2 is 1.97 bits per heavy atom. The predicted molar refractivity (Wildman–Crippen MR) is 117 cm³/mol. The monoisotopic (exact) mass is 486 g/mol. The lowest BCUT2D eigenvalue weighted by molar-refractivity contribution is -0.137. The molecule has 0 amide bonds. The van der Waals surface area contributed by atoms with E-state index in [1.54, 1.807) is 12.1 Å². The van der Waals surface area contributed by atoms with E-state index in [4.69, 9.17) is 16.1 Å². The molecule has 5 rings (SSSR count). The third-order valence-corrected chi connectivity index (χ3v) is 5.41. The van der Waals surface area contributed by atoms with Crippen molar-refractivity contribution in [3.63, 3.8) is 0 Å². The molecule has 0 aliphatic rings. The lowest BCUT2D eigenvalue weighted by Crippen LogP contribution is -2.21. The van der Waals surface area contributed by atoms with Crippen molar-refractivity contribution in [2.45, 2.75) is 19.6 Å². The molecule has 3 heterocycles. The Bertz CT molecular complexity index is 1590. The number of aromatic nitrogens is 6. The zero-order valence-corrected chi connectivity index (χ0v) is 18.2. The van der Waals surface area contributed by atoms with Gasteiger partial charge in [-0.1, -0.05) is 35.0 Å². The van der Waals surface area contributed by atoms with Gasteiger partial charge in [0.25, 0.3) is 5.56 Å². The van der Waals surface area contributed by atoms with E-state index in [2.05, 4.69) is 20.2 Å². The van der Waals surface area contributed by atoms with Gasteiger partial charge >= 0.3 is 6.18 Å². The quantitative estimate of drug-likeness (QED) is 0.367. The van der Waals surface area contributed by atoms with E-state index in [9.17, 15) is 18.0 Å². The molecule has 0 saturated carbocycles. The molecule has 0 radical (unpaired) electrons. The zero-order chi connectivity index (χ0) is 24.0. The van der Waals surface area contributed by atoms with E-state index in [1.165, 1.54) is 33.9 Å². The summed E-state index contributed by atoms with van der Waals surface area (Å²) in [6.45, 7) is 1.77. The molecule has 0 saturated heterocycles. The molecule has 2 aromatic carbocycles. The average molecular weight is 487 g/mol. The topological polar surface area (TPSA) is 91.6 Å². The Balaban J connectivity index is 1.46. The van der Waals surface area contributed by atoms with Crippen molar-refractivity contribution in [3.05, 3.63) is 87.4 Å². The second-order valence-electron chi connectivity index (χ2n) is 7.49. The Labute approximate surface area is 194 Å². The van der Waals surface area contributed by atoms with Crippen LogP contribution < -0.4 is 5.56 Å². The standard InChI is InChI=1S/C22H14ClF3N6O2/c1-12-5-6-15(23)8-17(12)32-20-16(9-28-32)21(33)31(11-27-20)10-18-29-19(30-34-18)13-3-2-4-14(7-13)22(24,25)26/h2-9,11H,10H2,1H3. The van der Waals surface area contributed by atoms with Crippen LogP contribution in [0.1, 0.15) is 17.0 Å². The van der Waals surface area contributed by atoms with Gasteiger partial charge in [0.05, 0.1) is 17.4 Å². The van der Waals surface area contributed by atoms with Crippen LogP contribution in [-0.4, -0.2) is 29.5 Å². The number of benzene rings is 2. The van der Waals surface area contributed by atoms with E-state index < -0.39 is 17.3 Å². The Morgan fingerprint density at radius 1 is 1.15 bits per heavy atom. The third kappa shape index (κ3) is 3.94. The molecule has 0 aliphatic heterocycles. The highest BCUT2D eigenvalue weighted by molar-refractivity contribution is 6.30. The average Bonchev–Trinajstić information content (AvgIpc) is 3.44. The second kappa shape index (κ2) is 8.10. The smallest absolute Gasteiger partial charge is 0.337 e. The minimum Gasteiger partial charge on any atom is -0.337 e. The molecule has 0 N–H and O–H groups in total. The molecule has 0 atom stereocenters. The fraction of sp³-hybridized carbons (Fsp3) is 0.136. The van der Waals surface area contributed by atoms with E-state index in [0.29, 0.717) is 16.4 Å². The number of hydrogen-bond acceptors (Lipinski definition) is 6. The minimum absolute atomic E-state index is 0.0209. The van der Waals surface area contributed by atoms with Crippen LogP contribution in [0, 0.1) is 6.92 Å². The summed E-state index contributed by atoms with van der Waals surface area (Å²) in [5.74, 6) is 0.0150.